The zero-order valence-corrected chi connectivity index (χ0v) is 16.4. The van der Waals surface area contributed by atoms with E-state index in [9.17, 15) is 41.0 Å². The first kappa shape index (κ1) is 24.0. The Hall–Kier alpha value is -3.61. The number of aromatic nitrogens is 4. The molecule has 1 N–H and O–H groups in total. The molecule has 1 atom stereocenters. The average Bonchev–Trinajstić information content (AvgIpc) is 2.76. The van der Waals surface area contributed by atoms with E-state index >= 15 is 0 Å². The maximum atomic E-state index is 13.7. The van der Waals surface area contributed by atoms with Crippen LogP contribution in [0, 0.1) is 5.82 Å². The number of carbonyl (C=O) groups is 1. The molecule has 0 saturated carbocycles. The zero-order valence-electron chi connectivity index (χ0n) is 16.4. The number of alkyl halides is 5. The molecule has 7 nitrogen and oxygen atoms in total. The Morgan fingerprint density at radius 1 is 1.12 bits per heavy atom. The molecule has 0 amide bonds. The van der Waals surface area contributed by atoms with Crippen LogP contribution in [0.2, 0.25) is 0 Å². The van der Waals surface area contributed by atoms with Gasteiger partial charge in [-0.15, -0.1) is 0 Å². The topological polar surface area (TPSA) is 98.0 Å². The van der Waals surface area contributed by atoms with Gasteiger partial charge in [0, 0.05) is 24.4 Å². The van der Waals surface area contributed by atoms with Crippen LogP contribution >= 0.6 is 0 Å². The SMILES string of the molecule is O=C(CC[C@H](O)C(F)F)c1cc(-c2cnc(C(F)(F)F)nc2)nn(-c2cccc(F)c2)c1=O. The summed E-state index contributed by atoms with van der Waals surface area (Å²) in [7, 11) is 0. The highest BCUT2D eigenvalue weighted by Gasteiger charge is 2.34. The molecule has 2 heterocycles. The number of nitrogens with zero attached hydrogens (tertiary/aromatic N) is 4. The molecule has 0 spiro atoms. The molecule has 2 aromatic heterocycles. The minimum Gasteiger partial charge on any atom is -0.387 e. The normalized spacial score (nSPS) is 12.7. The first-order valence-electron chi connectivity index (χ1n) is 9.26. The molecule has 13 heteroatoms. The van der Waals surface area contributed by atoms with E-state index in [1.165, 1.54) is 12.1 Å². The summed E-state index contributed by atoms with van der Waals surface area (Å²) in [5.41, 5.74) is -1.98. The minimum atomic E-state index is -4.81. The predicted octanol–water partition coefficient (Wildman–Crippen LogP) is 3.44. The van der Waals surface area contributed by atoms with Gasteiger partial charge in [0.15, 0.2) is 5.78 Å². The lowest BCUT2D eigenvalue weighted by Gasteiger charge is -2.12. The number of hydrogen-bond acceptors (Lipinski definition) is 6. The molecule has 3 rings (SSSR count). The van der Waals surface area contributed by atoms with Gasteiger partial charge < -0.3 is 5.11 Å². The molecule has 0 bridgehead atoms. The van der Waals surface area contributed by atoms with Gasteiger partial charge in [-0.25, -0.2) is 23.1 Å². The van der Waals surface area contributed by atoms with Crippen molar-refractivity contribution >= 4 is 5.78 Å². The van der Waals surface area contributed by atoms with Crippen molar-refractivity contribution in [3.8, 4) is 16.9 Å². The lowest BCUT2D eigenvalue weighted by molar-refractivity contribution is -0.145. The van der Waals surface area contributed by atoms with Crippen LogP contribution in [0.25, 0.3) is 16.9 Å². The number of rotatable bonds is 7. The van der Waals surface area contributed by atoms with E-state index in [0.29, 0.717) is 4.68 Å². The summed E-state index contributed by atoms with van der Waals surface area (Å²) >= 11 is 0. The Morgan fingerprint density at radius 3 is 2.36 bits per heavy atom. The van der Waals surface area contributed by atoms with Crippen LogP contribution in [0.4, 0.5) is 26.3 Å². The molecule has 0 radical (unpaired) electrons. The van der Waals surface area contributed by atoms with E-state index in [1.807, 2.05) is 0 Å². The third-order valence-corrected chi connectivity index (χ3v) is 4.42. The third kappa shape index (κ3) is 5.61. The van der Waals surface area contributed by atoms with Gasteiger partial charge in [0.25, 0.3) is 12.0 Å². The van der Waals surface area contributed by atoms with Gasteiger partial charge in [-0.05, 0) is 30.7 Å². The predicted molar refractivity (Wildman–Crippen MR) is 101 cm³/mol. The highest BCUT2D eigenvalue weighted by atomic mass is 19.4. The molecule has 3 aromatic rings. The largest absolute Gasteiger partial charge is 0.451 e. The van der Waals surface area contributed by atoms with Crippen LogP contribution in [0.1, 0.15) is 29.0 Å². The maximum Gasteiger partial charge on any atom is 0.451 e. The number of halogens is 6. The number of benzene rings is 1. The first-order valence-corrected chi connectivity index (χ1v) is 9.26. The van der Waals surface area contributed by atoms with Gasteiger partial charge in [0.1, 0.15) is 11.9 Å². The zero-order chi connectivity index (χ0) is 24.3. The van der Waals surface area contributed by atoms with Crippen molar-refractivity contribution in [1.29, 1.82) is 0 Å². The van der Waals surface area contributed by atoms with Crippen molar-refractivity contribution in [3.63, 3.8) is 0 Å². The number of aliphatic hydroxyl groups excluding tert-OH is 1. The summed E-state index contributed by atoms with van der Waals surface area (Å²) in [6.45, 7) is 0. The monoisotopic (exact) mass is 472 g/mol. The Labute approximate surface area is 181 Å². The summed E-state index contributed by atoms with van der Waals surface area (Å²) < 4.78 is 77.6. The molecule has 174 valence electrons. The van der Waals surface area contributed by atoms with E-state index in [0.717, 1.165) is 30.6 Å². The fourth-order valence-corrected chi connectivity index (χ4v) is 2.76. The number of Topliss-reactive ketones (excluding diaryl/α,β-unsaturated/α-hetero) is 1. The van der Waals surface area contributed by atoms with Gasteiger partial charge in [0.05, 0.1) is 16.9 Å². The molecular weight excluding hydrogens is 458 g/mol. The van der Waals surface area contributed by atoms with Crippen LogP contribution in [0.5, 0.6) is 0 Å². The summed E-state index contributed by atoms with van der Waals surface area (Å²) in [5.74, 6) is -3.10. The number of hydrogen-bond donors (Lipinski definition) is 1. The van der Waals surface area contributed by atoms with Gasteiger partial charge in [0.2, 0.25) is 5.82 Å². The molecule has 0 unspecified atom stereocenters. The molecule has 0 aliphatic heterocycles. The summed E-state index contributed by atoms with van der Waals surface area (Å²) in [6.07, 6.45) is -9.73. The van der Waals surface area contributed by atoms with Crippen molar-refractivity contribution < 1.29 is 36.2 Å². The quantitative estimate of drug-likeness (QED) is 0.418. The third-order valence-electron chi connectivity index (χ3n) is 4.42. The van der Waals surface area contributed by atoms with Crippen LogP contribution < -0.4 is 5.56 Å². The average molecular weight is 472 g/mol. The van der Waals surface area contributed by atoms with Gasteiger partial charge >= 0.3 is 6.18 Å². The number of ketones is 1. The Bertz CT molecular complexity index is 1210. The Morgan fingerprint density at radius 2 is 1.79 bits per heavy atom. The fourth-order valence-electron chi connectivity index (χ4n) is 2.76. The molecule has 1 aromatic carbocycles. The number of carbonyl (C=O) groups excluding carboxylic acids is 1. The van der Waals surface area contributed by atoms with Gasteiger partial charge in [-0.3, -0.25) is 9.59 Å². The van der Waals surface area contributed by atoms with E-state index < -0.39 is 60.1 Å². The second-order valence-corrected chi connectivity index (χ2v) is 6.80. The van der Waals surface area contributed by atoms with E-state index in [4.69, 9.17) is 0 Å². The van der Waals surface area contributed by atoms with Crippen molar-refractivity contribution in [3.05, 3.63) is 70.3 Å². The Kier molecular flexibility index (Phi) is 6.91. The van der Waals surface area contributed by atoms with Crippen LogP contribution in [0.15, 0.2) is 47.5 Å². The molecular formula is C20H14F6N4O3. The van der Waals surface area contributed by atoms with E-state index in [1.54, 1.807) is 0 Å². The fraction of sp³-hybridized carbons (Fsp3) is 0.250. The number of aliphatic hydroxyl groups is 1. The van der Waals surface area contributed by atoms with Crippen LogP contribution in [0.3, 0.4) is 0 Å². The Balaban J connectivity index is 2.10. The standard InChI is InChI=1S/C20H14F6N4O3/c21-11-2-1-3-12(6-11)30-18(33)13(15(31)4-5-16(32)17(22)23)7-14(29-30)10-8-27-19(28-9-10)20(24,25)26/h1-3,6-9,16-17,32H,4-5H2/t16-/m0/s1. The van der Waals surface area contributed by atoms with Crippen molar-refractivity contribution in [2.75, 3.05) is 0 Å². The first-order chi connectivity index (χ1) is 15.5. The molecule has 0 aliphatic carbocycles. The van der Waals surface area contributed by atoms with Crippen molar-refractivity contribution in [1.82, 2.24) is 19.7 Å². The summed E-state index contributed by atoms with van der Waals surface area (Å²) in [5, 5.41) is 13.2. The second kappa shape index (κ2) is 9.48. The van der Waals surface area contributed by atoms with E-state index in [-0.39, 0.29) is 16.9 Å². The molecule has 0 aliphatic rings. The lowest BCUT2D eigenvalue weighted by Crippen LogP contribution is -2.28. The smallest absolute Gasteiger partial charge is 0.387 e. The molecule has 0 fully saturated rings. The summed E-state index contributed by atoms with van der Waals surface area (Å²) in [4.78, 5) is 31.8. The van der Waals surface area contributed by atoms with Gasteiger partial charge in [-0.2, -0.15) is 23.0 Å². The second-order valence-electron chi connectivity index (χ2n) is 6.80. The molecule has 0 saturated heterocycles. The minimum absolute atomic E-state index is 0.101. The van der Waals surface area contributed by atoms with Gasteiger partial charge in [-0.1, -0.05) is 6.07 Å². The molecule has 33 heavy (non-hydrogen) atoms. The van der Waals surface area contributed by atoms with Crippen molar-refractivity contribution in [2.24, 2.45) is 0 Å². The highest BCUT2D eigenvalue weighted by molar-refractivity contribution is 5.96. The summed E-state index contributed by atoms with van der Waals surface area (Å²) in [6, 6.07) is 5.50. The lowest BCUT2D eigenvalue weighted by atomic mass is 10.0. The van der Waals surface area contributed by atoms with Crippen LogP contribution in [-0.4, -0.2) is 43.2 Å². The highest BCUT2D eigenvalue weighted by Crippen LogP contribution is 2.27. The van der Waals surface area contributed by atoms with Crippen molar-refractivity contribution in [2.45, 2.75) is 31.5 Å². The van der Waals surface area contributed by atoms with E-state index in [2.05, 4.69) is 15.1 Å². The maximum absolute atomic E-state index is 13.7. The van der Waals surface area contributed by atoms with Crippen LogP contribution in [-0.2, 0) is 6.18 Å².